The highest BCUT2D eigenvalue weighted by Gasteiger charge is 2.26. The van der Waals surface area contributed by atoms with Gasteiger partial charge in [-0.1, -0.05) is 46.3 Å². The second-order valence-corrected chi connectivity index (χ2v) is 9.31. The maximum Gasteiger partial charge on any atom is 0.214 e. The predicted molar refractivity (Wildman–Crippen MR) is 136 cm³/mol. The van der Waals surface area contributed by atoms with Crippen LogP contribution in [0.5, 0.6) is 11.5 Å². The number of ether oxygens (including phenoxy) is 2. The van der Waals surface area contributed by atoms with E-state index < -0.39 is 5.92 Å². The summed E-state index contributed by atoms with van der Waals surface area (Å²) in [5.74, 6) is 0.668. The largest absolute Gasteiger partial charge is 0.490 e. The van der Waals surface area contributed by atoms with Crippen LogP contribution in [0.2, 0.25) is 0 Å². The van der Waals surface area contributed by atoms with Crippen molar-refractivity contribution in [3.8, 4) is 11.5 Å². The van der Waals surface area contributed by atoms with E-state index in [1.165, 1.54) is 0 Å². The number of nitrogens with one attached hydrogen (secondary N) is 1. The Bertz CT molecular complexity index is 1270. The van der Waals surface area contributed by atoms with Gasteiger partial charge in [0.1, 0.15) is 6.61 Å². The second kappa shape index (κ2) is 10.4. The minimum absolute atomic E-state index is 0.237. The molecule has 0 saturated heterocycles. The zero-order valence-corrected chi connectivity index (χ0v) is 21.1. The number of nitro groups is 1. The first-order valence-electron chi connectivity index (χ1n) is 10.5. The van der Waals surface area contributed by atoms with Gasteiger partial charge in [0, 0.05) is 26.5 Å². The van der Waals surface area contributed by atoms with E-state index in [4.69, 9.17) is 9.47 Å². The summed E-state index contributed by atoms with van der Waals surface area (Å²) in [6, 6.07) is 19.4. The summed E-state index contributed by atoms with van der Waals surface area (Å²) >= 11 is 7.05. The van der Waals surface area contributed by atoms with Crippen molar-refractivity contribution in [2.75, 3.05) is 13.2 Å². The molecule has 1 aromatic heterocycles. The van der Waals surface area contributed by atoms with Crippen molar-refractivity contribution in [2.24, 2.45) is 0 Å². The normalized spacial score (nSPS) is 12.0. The summed E-state index contributed by atoms with van der Waals surface area (Å²) in [4.78, 5) is 14.5. The summed E-state index contributed by atoms with van der Waals surface area (Å²) in [5, 5.41) is 12.6. The Kier molecular flexibility index (Phi) is 7.35. The molecule has 0 radical (unpaired) electrons. The minimum Gasteiger partial charge on any atom is -0.490 e. The van der Waals surface area contributed by atoms with Gasteiger partial charge in [0.05, 0.1) is 17.0 Å². The summed E-state index contributed by atoms with van der Waals surface area (Å²) < 4.78 is 13.7. The average molecular weight is 574 g/mol. The molecule has 33 heavy (non-hydrogen) atoms. The lowest BCUT2D eigenvalue weighted by Gasteiger charge is -2.19. The molecule has 0 aliphatic carbocycles. The third kappa shape index (κ3) is 5.39. The van der Waals surface area contributed by atoms with Crippen LogP contribution in [0.1, 0.15) is 29.5 Å². The quantitative estimate of drug-likeness (QED) is 0.171. The van der Waals surface area contributed by atoms with E-state index in [0.717, 1.165) is 32.1 Å². The van der Waals surface area contributed by atoms with Gasteiger partial charge in [-0.2, -0.15) is 0 Å². The lowest BCUT2D eigenvalue weighted by Crippen LogP contribution is -2.14. The highest BCUT2D eigenvalue weighted by atomic mass is 79.9. The van der Waals surface area contributed by atoms with Gasteiger partial charge < -0.3 is 14.5 Å². The minimum atomic E-state index is -0.452. The molecule has 0 spiro atoms. The molecule has 0 aliphatic heterocycles. The van der Waals surface area contributed by atoms with Gasteiger partial charge in [-0.05, 0) is 69.9 Å². The number of benzene rings is 3. The van der Waals surface area contributed by atoms with Crippen molar-refractivity contribution in [1.82, 2.24) is 4.98 Å². The average Bonchev–Trinajstić information content (AvgIpc) is 3.22. The number of nitrogens with zero attached hydrogens (tertiary/aromatic N) is 1. The summed E-state index contributed by atoms with van der Waals surface area (Å²) in [6.07, 6.45) is 1.85. The van der Waals surface area contributed by atoms with Crippen LogP contribution in [0.3, 0.4) is 0 Å². The monoisotopic (exact) mass is 572 g/mol. The van der Waals surface area contributed by atoms with Gasteiger partial charge in [-0.25, -0.2) is 0 Å². The van der Waals surface area contributed by atoms with Crippen LogP contribution in [-0.4, -0.2) is 23.1 Å². The third-order valence-corrected chi connectivity index (χ3v) is 6.48. The maximum absolute atomic E-state index is 11.6. The molecule has 4 aromatic rings. The Morgan fingerprint density at radius 3 is 2.55 bits per heavy atom. The Labute approximate surface area is 208 Å². The van der Waals surface area contributed by atoms with E-state index in [0.29, 0.717) is 29.2 Å². The van der Waals surface area contributed by atoms with Gasteiger partial charge in [-0.3, -0.25) is 10.1 Å². The summed E-state index contributed by atoms with van der Waals surface area (Å²) in [6.45, 7) is 2.47. The molecule has 0 unspecified atom stereocenters. The van der Waals surface area contributed by atoms with Crippen molar-refractivity contribution >= 4 is 42.8 Å². The van der Waals surface area contributed by atoms with Gasteiger partial charge in [0.15, 0.2) is 11.5 Å². The number of para-hydroxylation sites is 1. The number of aromatic nitrogens is 1. The second-order valence-electron chi connectivity index (χ2n) is 7.54. The molecule has 1 atom stereocenters. The SMILES string of the molecule is CCOc1cc([C@H](C[N+](=O)[O-])c2c[nH]c3ccccc23)cc(Br)c1OCc1ccc(Br)cc1. The van der Waals surface area contributed by atoms with Gasteiger partial charge >= 0.3 is 0 Å². The Hall–Kier alpha value is -2.84. The molecular weight excluding hydrogens is 552 g/mol. The van der Waals surface area contributed by atoms with Gasteiger partial charge in [0.25, 0.3) is 0 Å². The molecule has 1 heterocycles. The first-order chi connectivity index (χ1) is 16.0. The van der Waals surface area contributed by atoms with E-state index in [-0.39, 0.29) is 11.5 Å². The Morgan fingerprint density at radius 2 is 1.82 bits per heavy atom. The molecule has 0 fully saturated rings. The van der Waals surface area contributed by atoms with E-state index in [1.54, 1.807) is 0 Å². The lowest BCUT2D eigenvalue weighted by atomic mass is 9.90. The lowest BCUT2D eigenvalue weighted by molar-refractivity contribution is -0.481. The molecular formula is C25H22Br2N2O4. The van der Waals surface area contributed by atoms with Crippen molar-refractivity contribution in [1.29, 1.82) is 0 Å². The zero-order chi connectivity index (χ0) is 23.4. The smallest absolute Gasteiger partial charge is 0.214 e. The number of aromatic amines is 1. The molecule has 6 nitrogen and oxygen atoms in total. The van der Waals surface area contributed by atoms with E-state index in [2.05, 4.69) is 36.8 Å². The molecule has 4 rings (SSSR count). The maximum atomic E-state index is 11.6. The first-order valence-corrected chi connectivity index (χ1v) is 12.1. The number of fused-ring (bicyclic) bond motifs is 1. The Morgan fingerprint density at radius 1 is 1.06 bits per heavy atom. The fourth-order valence-electron chi connectivity index (χ4n) is 3.84. The Balaban J connectivity index is 1.72. The van der Waals surface area contributed by atoms with Crippen LogP contribution in [-0.2, 0) is 6.61 Å². The molecule has 3 aromatic carbocycles. The number of hydrogen-bond donors (Lipinski definition) is 1. The van der Waals surface area contributed by atoms with Crippen molar-refractivity contribution in [2.45, 2.75) is 19.4 Å². The molecule has 8 heteroatoms. The molecule has 0 bridgehead atoms. The summed E-state index contributed by atoms with van der Waals surface area (Å²) in [7, 11) is 0. The molecule has 0 aliphatic rings. The van der Waals surface area contributed by atoms with Crippen LogP contribution >= 0.6 is 31.9 Å². The highest BCUT2D eigenvalue weighted by Crippen LogP contribution is 2.41. The topological polar surface area (TPSA) is 77.4 Å². The predicted octanol–water partition coefficient (Wildman–Crippen LogP) is 7.08. The first kappa shape index (κ1) is 23.3. The summed E-state index contributed by atoms with van der Waals surface area (Å²) in [5.41, 5.74) is 3.61. The standard InChI is InChI=1S/C25H22Br2N2O4/c1-2-32-24-12-17(11-22(27)25(24)33-15-16-7-9-18(26)10-8-16)21(14-29(30)31)20-13-28-23-6-4-3-5-19(20)23/h3-13,21,28H,2,14-15H2,1H3/t21-/m0/s1. The number of rotatable bonds is 9. The third-order valence-electron chi connectivity index (χ3n) is 5.36. The molecule has 1 N–H and O–H groups in total. The number of H-pyrrole nitrogens is 1. The van der Waals surface area contributed by atoms with Gasteiger partial charge in [-0.15, -0.1) is 0 Å². The van der Waals surface area contributed by atoms with Crippen LogP contribution < -0.4 is 9.47 Å². The van der Waals surface area contributed by atoms with E-state index >= 15 is 0 Å². The number of hydrogen-bond acceptors (Lipinski definition) is 4. The van der Waals surface area contributed by atoms with Crippen molar-refractivity contribution in [3.05, 3.63) is 103 Å². The highest BCUT2D eigenvalue weighted by molar-refractivity contribution is 9.10. The number of halogens is 2. The van der Waals surface area contributed by atoms with E-state index in [1.807, 2.05) is 73.8 Å². The van der Waals surface area contributed by atoms with Crippen LogP contribution in [0.25, 0.3) is 10.9 Å². The van der Waals surface area contributed by atoms with Crippen molar-refractivity contribution in [3.63, 3.8) is 0 Å². The molecule has 0 saturated carbocycles. The molecule has 170 valence electrons. The zero-order valence-electron chi connectivity index (χ0n) is 17.9. The van der Waals surface area contributed by atoms with Crippen LogP contribution in [0.15, 0.2) is 75.8 Å². The fraction of sp³-hybridized carbons (Fsp3) is 0.200. The van der Waals surface area contributed by atoms with Crippen LogP contribution in [0, 0.1) is 10.1 Å². The van der Waals surface area contributed by atoms with Gasteiger partial charge in [0.2, 0.25) is 6.54 Å². The van der Waals surface area contributed by atoms with Crippen molar-refractivity contribution < 1.29 is 14.4 Å². The van der Waals surface area contributed by atoms with E-state index in [9.17, 15) is 10.1 Å². The fourth-order valence-corrected chi connectivity index (χ4v) is 4.68. The molecule has 0 amide bonds. The van der Waals surface area contributed by atoms with Crippen LogP contribution in [0.4, 0.5) is 0 Å².